The first kappa shape index (κ1) is 127. The van der Waals surface area contributed by atoms with E-state index < -0.39 is 0 Å². The minimum Gasteiger partial charge on any atom is -0.391 e. The van der Waals surface area contributed by atoms with Crippen molar-refractivity contribution < 1.29 is 123 Å². The van der Waals surface area contributed by atoms with Crippen molar-refractivity contribution >= 4 is 80.0 Å². The Morgan fingerprint density at radius 1 is 0.422 bits per heavy atom. The molecule has 19 rings (SSSR count). The minimum absolute atomic E-state index is 0. The zero-order chi connectivity index (χ0) is 103. The van der Waals surface area contributed by atoms with Gasteiger partial charge in [0.2, 0.25) is 0 Å². The molecule has 12 aromatic carbocycles. The molecular formula is C127H153Ac2BrCl4N6O7. The topological polar surface area (TPSA) is 156 Å². The van der Waals surface area contributed by atoms with Gasteiger partial charge in [0.25, 0.3) is 0 Å². The molecule has 7 aliphatic rings. The fourth-order valence-electron chi connectivity index (χ4n) is 18.5. The number of unbranched alkanes of at least 4 members (excludes halogenated alkanes) is 2. The monoisotopic (exact) mass is 2550 g/mol. The molecule has 7 heterocycles. The van der Waals surface area contributed by atoms with Gasteiger partial charge < -0.3 is 30.5 Å². The molecule has 5 N–H and O–H groups in total. The third-order valence-electron chi connectivity index (χ3n) is 26.0. The number of carbonyl (C=O) groups is 2. The van der Waals surface area contributed by atoms with E-state index in [1.165, 1.54) is 45.4 Å². The largest absolute Gasteiger partial charge is 0.391 e. The van der Waals surface area contributed by atoms with Crippen LogP contribution in [-0.4, -0.2) is 176 Å². The summed E-state index contributed by atoms with van der Waals surface area (Å²) in [5, 5.41) is 45.2. The number of Topliss-reactive ketones (excluding diaryl/α,β-unsaturated/α-hetero) is 2. The van der Waals surface area contributed by atoms with Gasteiger partial charge in [-0.25, -0.2) is 0 Å². The van der Waals surface area contributed by atoms with Crippen LogP contribution in [0.5, 0.6) is 0 Å². The number of hydrogen-bond acceptors (Lipinski definition) is 13. The van der Waals surface area contributed by atoms with Gasteiger partial charge in [-0.3, -0.25) is 34.1 Å². The van der Waals surface area contributed by atoms with Gasteiger partial charge in [-0.15, -0.1) is 52.8 Å². The van der Waals surface area contributed by atoms with Crippen molar-refractivity contribution in [1.29, 1.82) is 0 Å². The molecule has 774 valence electrons. The van der Waals surface area contributed by atoms with Gasteiger partial charge in [-0.2, -0.15) is 0 Å². The molecule has 10 unspecified atom stereocenters. The van der Waals surface area contributed by atoms with Crippen LogP contribution in [0, 0.1) is 112 Å². The van der Waals surface area contributed by atoms with E-state index in [-0.39, 0.29) is 149 Å². The number of alkyl halides is 5. The fourth-order valence-corrected chi connectivity index (χ4v) is 19.7. The Bertz CT molecular complexity index is 5420. The number of nitrogens with zero attached hydrogens (tertiary/aromatic N) is 5. The third kappa shape index (κ3) is 48.4. The second-order valence-corrected chi connectivity index (χ2v) is 39.4. The Balaban J connectivity index is 0.000000221. The van der Waals surface area contributed by atoms with Gasteiger partial charge >= 0.3 is 0 Å². The minimum atomic E-state index is -0.387. The maximum absolute atomic E-state index is 11.8. The number of carbonyl (C=O) groups excluding carboxylic acids is 2. The molecule has 147 heavy (non-hydrogen) atoms. The van der Waals surface area contributed by atoms with Gasteiger partial charge in [0.05, 0.1) is 60.7 Å². The van der Waals surface area contributed by atoms with Gasteiger partial charge in [-0.05, 0) is 243 Å². The normalized spacial score (nSPS) is 20.5. The van der Waals surface area contributed by atoms with Gasteiger partial charge in [0.15, 0.2) is 11.6 Å². The van der Waals surface area contributed by atoms with Crippen LogP contribution in [0.2, 0.25) is 0 Å². The Morgan fingerprint density at radius 3 is 1.25 bits per heavy atom. The average molecular weight is 2550 g/mol. The van der Waals surface area contributed by atoms with Gasteiger partial charge in [-0.1, -0.05) is 386 Å². The molecule has 7 aliphatic heterocycles. The fraction of sp³-hybridized carbons (Fsp3) is 0.370. The van der Waals surface area contributed by atoms with Crippen LogP contribution in [0.3, 0.4) is 0 Å². The van der Waals surface area contributed by atoms with E-state index in [9.17, 15) is 30.0 Å². The van der Waals surface area contributed by atoms with Gasteiger partial charge in [0, 0.05) is 166 Å². The molecule has 13 nitrogen and oxygen atoms in total. The molecule has 0 aliphatic carbocycles. The predicted molar refractivity (Wildman–Crippen MR) is 610 cm³/mol. The van der Waals surface area contributed by atoms with Crippen LogP contribution in [0.15, 0.2) is 370 Å². The molecular weight excluding hydrogens is 2400 g/mol. The van der Waals surface area contributed by atoms with Crippen molar-refractivity contribution in [2.24, 2.45) is 0 Å². The molecule has 0 saturated carbocycles. The molecule has 0 spiro atoms. The summed E-state index contributed by atoms with van der Waals surface area (Å²) >= 11 is 25.2. The number of allylic oxidation sites excluding steroid dienone is 1. The number of halogens is 5. The van der Waals surface area contributed by atoms with Crippen molar-refractivity contribution in [3.05, 3.63) is 437 Å². The maximum Gasteiger partial charge on any atom is 0.154 e. The Morgan fingerprint density at radius 2 is 0.810 bits per heavy atom. The second kappa shape index (κ2) is 77.3. The first-order valence-electron chi connectivity index (χ1n) is 51.8. The summed E-state index contributed by atoms with van der Waals surface area (Å²) < 4.78 is 5.55. The number of terminal acetylenes is 1. The molecule has 20 heteroatoms. The summed E-state index contributed by atoms with van der Waals surface area (Å²) in [6.45, 7) is 8.08. The number of likely N-dealkylation sites (N-methyl/N-ethyl adjacent to an activating group) is 3. The van der Waals surface area contributed by atoms with Crippen LogP contribution in [-0.2, 0) is 27.4 Å². The second-order valence-electron chi connectivity index (χ2n) is 37.0. The van der Waals surface area contributed by atoms with Crippen molar-refractivity contribution in [2.75, 3.05) is 89.3 Å². The molecule has 0 aromatic heterocycles. The molecule has 7 saturated heterocycles. The SMILES string of the molecule is C#Cc1ccccc1.CN1CCCC(=O)[C@@H]1c1ccccc1.CN1CCCC(O)C1c1ccccc1.CN1CCCC(O)C1c1ccccc1.ClCCC/C=C\c1ccccc1.ClCCCBr.ClCCCC#Cc1ccccc1.ClCCCC1OC1c1ccccc1.O=C1CCCN[C@H]1c1ccccc1.OC(c1ccccc1)C1CCCN1Cc1ccccc1.OC1CCCN(Cc2ccccc2)C1c1ccccc1.[Ac].[Ac]. The van der Waals surface area contributed by atoms with Crippen molar-refractivity contribution in [3.63, 3.8) is 0 Å². The van der Waals surface area contributed by atoms with E-state index in [2.05, 4.69) is 223 Å². The Kier molecular flexibility index (Phi) is 66.7. The van der Waals surface area contributed by atoms with Crippen LogP contribution in [0.1, 0.15) is 231 Å². The number of aliphatic hydroxyl groups excluding tert-OH is 4. The summed E-state index contributed by atoms with van der Waals surface area (Å²) in [5.41, 5.74) is 14.1. The first-order chi connectivity index (χ1) is 71.1. The summed E-state index contributed by atoms with van der Waals surface area (Å²) in [7, 11) is 6.19. The number of likely N-dealkylation sites (tertiary alicyclic amines) is 5. The average Bonchev–Trinajstić information content (AvgIpc) is 1.67. The van der Waals surface area contributed by atoms with Crippen LogP contribution in [0.4, 0.5) is 0 Å². The number of nitrogens with one attached hydrogen (secondary N) is 1. The number of ether oxygens (including phenoxy) is 1. The molecule has 7 fully saturated rings. The summed E-state index contributed by atoms with van der Waals surface area (Å²) in [5.74, 6) is 12.3. The summed E-state index contributed by atoms with van der Waals surface area (Å²) in [4.78, 5) is 34.7. The molecule has 0 bridgehead atoms. The van der Waals surface area contributed by atoms with Crippen LogP contribution < -0.4 is 5.32 Å². The zero-order valence-corrected chi connectivity index (χ0v) is 100. The van der Waals surface area contributed by atoms with Crippen molar-refractivity contribution in [3.8, 4) is 24.2 Å². The van der Waals surface area contributed by atoms with Crippen LogP contribution in [0.25, 0.3) is 6.08 Å². The van der Waals surface area contributed by atoms with Gasteiger partial charge in [0.1, 0.15) is 6.10 Å². The number of hydrogen-bond donors (Lipinski definition) is 5. The van der Waals surface area contributed by atoms with E-state index in [0.29, 0.717) is 36.1 Å². The number of rotatable bonds is 23. The smallest absolute Gasteiger partial charge is 0.154 e. The van der Waals surface area contributed by atoms with E-state index in [1.807, 2.05) is 238 Å². The zero-order valence-electron chi connectivity index (χ0n) is 86.2. The number of epoxide rings is 1. The van der Waals surface area contributed by atoms with E-state index in [1.54, 1.807) is 0 Å². The van der Waals surface area contributed by atoms with E-state index >= 15 is 0 Å². The van der Waals surface area contributed by atoms with Crippen molar-refractivity contribution in [2.45, 2.75) is 208 Å². The Hall–Kier alpha value is -7.08. The third-order valence-corrected chi connectivity index (χ3v) is 27.6. The van der Waals surface area contributed by atoms with E-state index in [0.717, 1.165) is 212 Å². The quantitative estimate of drug-likeness (QED) is 0.0179. The Labute approximate surface area is 980 Å². The summed E-state index contributed by atoms with van der Waals surface area (Å²) in [6.07, 6.45) is 27.9. The number of piperidine rings is 5. The van der Waals surface area contributed by atoms with E-state index in [4.69, 9.17) is 57.6 Å². The standard InChI is InChI=1S/2C18H21NO.2C12H17NO.C12H15NO.C11H13ClO.C11H13Cl.C11H11Cl.C11H13NO.C8H6.C3H6BrCl.2Ac/c20-17-12-7-13-19(14-15-8-3-1-4-9-15)18(17)16-10-5-2-6-11-16;20-18(16-10-5-2-6-11-16)17-12-7-13-19(17)14-15-8-3-1-4-9-15;3*1-13-9-5-8-11(14)12(13)10-6-3-2-4-7-10;12-8-4-7-10-11(13-10)9-5-2-1-3-6-9;2*12-10-6-2-5-9-11-7-3-1-4-8-11;13-10-7-4-8-12-11(10)9-5-2-1-3-6-9;1-2-8-6-4-3-5-7-8;4-2-1-3-5;;/h2*1-6,8-11,17-18,20H,7,12-14H2;2*2-4,6-7,11-12,14H,5,8-9H2,1H3;2-4,6-7,12H,5,8-9H2,1H3;1-3,5-6,10-11H,4,7-8H2;1,3-5,7-9H,2,6,10H2;1,3-4,7-8H,2,6,10H2;1-3,5-6,11-12H,4,7-8H2;1,3-7H;1-3H2;;/b;;;;;;9-5-;;;;;;/t;;;;12-;;;;11-;;;;/m....0...0..../s1. The number of benzene rings is 12. The number of aliphatic hydroxyl groups is 4. The molecule has 0 amide bonds. The van der Waals surface area contributed by atoms with Crippen molar-refractivity contribution in [1.82, 2.24) is 29.8 Å². The molecule has 12 aromatic rings. The predicted octanol–water partition coefficient (Wildman–Crippen LogP) is 27.7. The summed E-state index contributed by atoms with van der Waals surface area (Å²) in [6, 6.07) is 123. The maximum atomic E-state index is 11.8. The molecule has 2 radical (unpaired) electrons. The first-order valence-corrected chi connectivity index (χ1v) is 55.1. The molecule has 12 atom stereocenters. The number of ketones is 2. The van der Waals surface area contributed by atoms with Crippen LogP contribution >= 0.6 is 62.3 Å².